The maximum absolute atomic E-state index is 12.3. The summed E-state index contributed by atoms with van der Waals surface area (Å²) >= 11 is 1.49. The van der Waals surface area contributed by atoms with E-state index in [1.165, 1.54) is 17.3 Å². The number of carbonyl (C=O) groups excluding carboxylic acids is 1. The number of sulfone groups is 1. The molecule has 1 amide bonds. The van der Waals surface area contributed by atoms with E-state index in [1.54, 1.807) is 11.9 Å². The number of hydrogen-bond donors (Lipinski definition) is 0. The standard InChI is InChI=1S/C17H25NO3S2/c1-17(2,3)13-5-7-15(8-6-13)22-11-16(19)18(4)14-9-10-23(20,21)12-14/h5-8,14H,9-12H2,1-4H3. The maximum Gasteiger partial charge on any atom is 0.232 e. The second kappa shape index (κ2) is 6.85. The molecule has 1 aromatic carbocycles. The monoisotopic (exact) mass is 355 g/mol. The van der Waals surface area contributed by atoms with Crippen LogP contribution in [0, 0.1) is 0 Å². The summed E-state index contributed by atoms with van der Waals surface area (Å²) in [5.74, 6) is 0.607. The smallest absolute Gasteiger partial charge is 0.232 e. The van der Waals surface area contributed by atoms with Gasteiger partial charge in [0.15, 0.2) is 9.84 Å². The number of benzene rings is 1. The van der Waals surface area contributed by atoms with Gasteiger partial charge in [-0.2, -0.15) is 0 Å². The van der Waals surface area contributed by atoms with Crippen LogP contribution in [0.2, 0.25) is 0 Å². The molecule has 1 unspecified atom stereocenters. The number of hydrogen-bond acceptors (Lipinski definition) is 4. The minimum absolute atomic E-state index is 0.0167. The first-order chi connectivity index (χ1) is 10.6. The molecule has 0 bridgehead atoms. The Balaban J connectivity index is 1.89. The Kier molecular flexibility index (Phi) is 5.46. The predicted molar refractivity (Wildman–Crippen MR) is 95.7 cm³/mol. The molecule has 0 radical (unpaired) electrons. The number of thioether (sulfide) groups is 1. The van der Waals surface area contributed by atoms with Crippen molar-refractivity contribution in [2.45, 2.75) is 43.5 Å². The van der Waals surface area contributed by atoms with E-state index in [-0.39, 0.29) is 28.9 Å². The average molecular weight is 356 g/mol. The molecule has 1 aliphatic heterocycles. The Morgan fingerprint density at radius 2 is 1.87 bits per heavy atom. The quantitative estimate of drug-likeness (QED) is 0.779. The first kappa shape index (κ1) is 18.3. The highest BCUT2D eigenvalue weighted by Gasteiger charge is 2.32. The molecule has 4 nitrogen and oxygen atoms in total. The molecule has 0 aliphatic carbocycles. The molecule has 1 heterocycles. The molecule has 2 rings (SSSR count). The van der Waals surface area contributed by atoms with Crippen LogP contribution in [0.5, 0.6) is 0 Å². The average Bonchev–Trinajstić information content (AvgIpc) is 2.83. The summed E-state index contributed by atoms with van der Waals surface area (Å²) < 4.78 is 23.0. The van der Waals surface area contributed by atoms with Crippen molar-refractivity contribution in [3.05, 3.63) is 29.8 Å². The predicted octanol–water partition coefficient (Wildman–Crippen LogP) is 2.72. The number of nitrogens with zero attached hydrogens (tertiary/aromatic N) is 1. The Morgan fingerprint density at radius 1 is 1.26 bits per heavy atom. The van der Waals surface area contributed by atoms with Gasteiger partial charge < -0.3 is 4.90 Å². The summed E-state index contributed by atoms with van der Waals surface area (Å²) in [6, 6.07) is 8.11. The zero-order valence-electron chi connectivity index (χ0n) is 14.2. The first-order valence-corrected chi connectivity index (χ1v) is 10.6. The lowest BCUT2D eigenvalue weighted by Crippen LogP contribution is -2.38. The van der Waals surface area contributed by atoms with Gasteiger partial charge in [0, 0.05) is 18.0 Å². The summed E-state index contributed by atoms with van der Waals surface area (Å²) in [6.45, 7) is 6.51. The summed E-state index contributed by atoms with van der Waals surface area (Å²) in [5.41, 5.74) is 1.38. The van der Waals surface area contributed by atoms with Crippen LogP contribution in [0.1, 0.15) is 32.8 Å². The Labute approximate surface area is 143 Å². The third-order valence-corrected chi connectivity index (χ3v) is 6.98. The molecule has 0 spiro atoms. The fourth-order valence-corrected chi connectivity index (χ4v) is 5.18. The van der Waals surface area contributed by atoms with Crippen LogP contribution in [0.4, 0.5) is 0 Å². The van der Waals surface area contributed by atoms with Crippen molar-refractivity contribution >= 4 is 27.5 Å². The van der Waals surface area contributed by atoms with Crippen molar-refractivity contribution < 1.29 is 13.2 Å². The normalized spacial score (nSPS) is 20.4. The molecule has 1 aliphatic rings. The number of amides is 1. The maximum atomic E-state index is 12.3. The van der Waals surface area contributed by atoms with E-state index in [0.29, 0.717) is 12.2 Å². The van der Waals surface area contributed by atoms with Gasteiger partial charge in [0.1, 0.15) is 0 Å². The summed E-state index contributed by atoms with van der Waals surface area (Å²) in [5, 5.41) is 0. The van der Waals surface area contributed by atoms with E-state index < -0.39 is 9.84 Å². The molecular weight excluding hydrogens is 330 g/mol. The molecule has 1 saturated heterocycles. The molecule has 0 saturated carbocycles. The fraction of sp³-hybridized carbons (Fsp3) is 0.588. The SMILES string of the molecule is CN(C(=O)CSc1ccc(C(C)(C)C)cc1)C1CCS(=O)(=O)C1. The zero-order valence-corrected chi connectivity index (χ0v) is 15.8. The van der Waals surface area contributed by atoms with Crippen molar-refractivity contribution in [1.29, 1.82) is 0 Å². The van der Waals surface area contributed by atoms with Gasteiger partial charge in [-0.3, -0.25) is 4.79 Å². The molecule has 1 aromatic rings. The molecular formula is C17H25NO3S2. The van der Waals surface area contributed by atoms with Crippen LogP contribution in [0.3, 0.4) is 0 Å². The minimum atomic E-state index is -2.96. The van der Waals surface area contributed by atoms with Crippen molar-refractivity contribution in [3.8, 4) is 0 Å². The van der Waals surface area contributed by atoms with Crippen LogP contribution >= 0.6 is 11.8 Å². The molecule has 1 atom stereocenters. The van der Waals surface area contributed by atoms with Crippen molar-refractivity contribution in [2.24, 2.45) is 0 Å². The number of rotatable bonds is 4. The van der Waals surface area contributed by atoms with Crippen LogP contribution in [-0.2, 0) is 20.0 Å². The van der Waals surface area contributed by atoms with E-state index in [9.17, 15) is 13.2 Å². The summed E-state index contributed by atoms with van der Waals surface area (Å²) in [4.78, 5) is 14.9. The van der Waals surface area contributed by atoms with E-state index in [1.807, 2.05) is 12.1 Å². The van der Waals surface area contributed by atoms with Crippen molar-refractivity contribution in [3.63, 3.8) is 0 Å². The summed E-state index contributed by atoms with van der Waals surface area (Å²) in [6.07, 6.45) is 0.551. The van der Waals surface area contributed by atoms with Gasteiger partial charge in [0.25, 0.3) is 0 Å². The van der Waals surface area contributed by atoms with Gasteiger partial charge >= 0.3 is 0 Å². The Bertz CT molecular complexity index is 660. The largest absolute Gasteiger partial charge is 0.341 e. The van der Waals surface area contributed by atoms with E-state index in [4.69, 9.17) is 0 Å². The highest BCUT2D eigenvalue weighted by Crippen LogP contribution is 2.26. The van der Waals surface area contributed by atoms with Crippen LogP contribution in [0.25, 0.3) is 0 Å². The van der Waals surface area contributed by atoms with E-state index in [2.05, 4.69) is 32.9 Å². The van der Waals surface area contributed by atoms with Gasteiger partial charge in [0.2, 0.25) is 5.91 Å². The molecule has 1 fully saturated rings. The van der Waals surface area contributed by atoms with E-state index in [0.717, 1.165) is 4.90 Å². The highest BCUT2D eigenvalue weighted by molar-refractivity contribution is 8.00. The molecule has 0 N–H and O–H groups in total. The van der Waals surface area contributed by atoms with Crippen LogP contribution in [0.15, 0.2) is 29.2 Å². The van der Waals surface area contributed by atoms with Gasteiger partial charge in [0.05, 0.1) is 17.3 Å². The minimum Gasteiger partial charge on any atom is -0.341 e. The molecule has 0 aromatic heterocycles. The lowest BCUT2D eigenvalue weighted by molar-refractivity contribution is -0.128. The second-order valence-corrected chi connectivity index (χ2v) is 10.4. The third-order valence-electron chi connectivity index (χ3n) is 4.23. The highest BCUT2D eigenvalue weighted by atomic mass is 32.2. The lowest BCUT2D eigenvalue weighted by Gasteiger charge is -2.23. The van der Waals surface area contributed by atoms with Gasteiger partial charge in [-0.1, -0.05) is 32.9 Å². The molecule has 128 valence electrons. The topological polar surface area (TPSA) is 54.5 Å². The second-order valence-electron chi connectivity index (χ2n) is 7.12. The molecule has 6 heteroatoms. The molecule has 23 heavy (non-hydrogen) atoms. The fourth-order valence-electron chi connectivity index (χ4n) is 2.58. The van der Waals surface area contributed by atoms with Crippen LogP contribution in [-0.4, -0.2) is 49.6 Å². The van der Waals surface area contributed by atoms with Crippen LogP contribution < -0.4 is 0 Å². The van der Waals surface area contributed by atoms with Gasteiger partial charge in [-0.25, -0.2) is 8.42 Å². The Morgan fingerprint density at radius 3 is 2.35 bits per heavy atom. The van der Waals surface area contributed by atoms with Gasteiger partial charge in [-0.05, 0) is 29.5 Å². The van der Waals surface area contributed by atoms with E-state index >= 15 is 0 Å². The number of carbonyl (C=O) groups is 1. The Hall–Kier alpha value is -1.01. The third kappa shape index (κ3) is 4.98. The van der Waals surface area contributed by atoms with Gasteiger partial charge in [-0.15, -0.1) is 11.8 Å². The lowest BCUT2D eigenvalue weighted by atomic mass is 9.87. The first-order valence-electron chi connectivity index (χ1n) is 7.78. The summed E-state index contributed by atoms with van der Waals surface area (Å²) in [7, 11) is -1.26. The van der Waals surface area contributed by atoms with Crippen molar-refractivity contribution in [2.75, 3.05) is 24.3 Å². The van der Waals surface area contributed by atoms with Crippen molar-refractivity contribution in [1.82, 2.24) is 4.90 Å². The zero-order chi connectivity index (χ0) is 17.3.